The molecule has 0 saturated heterocycles. The van der Waals surface area contributed by atoms with Crippen molar-refractivity contribution < 1.29 is 14.7 Å². The van der Waals surface area contributed by atoms with Gasteiger partial charge >= 0.3 is 5.97 Å². The topological polar surface area (TPSA) is 57.6 Å². The van der Waals surface area contributed by atoms with Gasteiger partial charge in [0.25, 0.3) is 5.91 Å². The summed E-state index contributed by atoms with van der Waals surface area (Å²) in [5.74, 6) is -1.20. The van der Waals surface area contributed by atoms with E-state index in [0.717, 1.165) is 9.40 Å². The monoisotopic (exact) mass is 283 g/mol. The Hall–Kier alpha value is -1.40. The maximum atomic E-state index is 12.3. The van der Waals surface area contributed by atoms with Crippen molar-refractivity contribution >= 4 is 43.9 Å². The normalized spacial score (nSPS) is 11.1. The van der Waals surface area contributed by atoms with Gasteiger partial charge in [0.05, 0.1) is 4.88 Å². The van der Waals surface area contributed by atoms with E-state index in [2.05, 4.69) is 0 Å². The zero-order valence-electron chi connectivity index (χ0n) is 10.0. The number of carbonyl (C=O) groups excluding carboxylic acids is 1. The van der Waals surface area contributed by atoms with Crippen LogP contribution in [0.1, 0.15) is 23.5 Å². The van der Waals surface area contributed by atoms with Gasteiger partial charge in [-0.1, -0.05) is 0 Å². The molecule has 18 heavy (non-hydrogen) atoms. The highest BCUT2D eigenvalue weighted by Gasteiger charge is 2.23. The lowest BCUT2D eigenvalue weighted by Crippen LogP contribution is -2.40. The fourth-order valence-corrected chi connectivity index (χ4v) is 3.71. The molecule has 1 amide bonds. The molecule has 2 aromatic heterocycles. The predicted octanol–water partition coefficient (Wildman–Crippen LogP) is 2.90. The number of hydrogen-bond acceptors (Lipinski definition) is 4. The van der Waals surface area contributed by atoms with Gasteiger partial charge in [-0.2, -0.15) is 0 Å². The summed E-state index contributed by atoms with van der Waals surface area (Å²) >= 11 is 2.99. The fraction of sp³-hybridized carbons (Fsp3) is 0.333. The third kappa shape index (κ3) is 2.54. The first kappa shape index (κ1) is 13.0. The Bertz CT molecular complexity index is 556. The third-order valence-corrected chi connectivity index (χ3v) is 4.62. The molecule has 0 radical (unpaired) electrons. The molecule has 1 N–H and O–H groups in total. The first-order valence-corrected chi connectivity index (χ1v) is 7.18. The molecule has 4 nitrogen and oxygen atoms in total. The Labute approximate surface area is 112 Å². The van der Waals surface area contributed by atoms with E-state index >= 15 is 0 Å². The number of carboxylic acid groups (broad SMARTS) is 1. The highest BCUT2D eigenvalue weighted by Crippen LogP contribution is 2.30. The van der Waals surface area contributed by atoms with Crippen LogP contribution in [0.4, 0.5) is 0 Å². The van der Waals surface area contributed by atoms with Crippen molar-refractivity contribution in [2.45, 2.75) is 19.9 Å². The van der Waals surface area contributed by atoms with Gasteiger partial charge in [-0.05, 0) is 31.4 Å². The summed E-state index contributed by atoms with van der Waals surface area (Å²) < 4.78 is 2.14. The molecule has 0 atom stereocenters. The van der Waals surface area contributed by atoms with Gasteiger partial charge in [-0.15, -0.1) is 22.7 Å². The van der Waals surface area contributed by atoms with Crippen molar-refractivity contribution in [3.63, 3.8) is 0 Å². The standard InChI is InChI=1S/C12H13NO3S2/c1-7(2)13(6-11(14)15)12(16)10-5-9-8(18-10)3-4-17-9/h3-5,7H,6H2,1-2H3,(H,14,15). The van der Waals surface area contributed by atoms with Crippen LogP contribution in [0.3, 0.4) is 0 Å². The molecule has 6 heteroatoms. The van der Waals surface area contributed by atoms with E-state index < -0.39 is 5.97 Å². The molecule has 2 aromatic rings. The number of carboxylic acids is 1. The van der Waals surface area contributed by atoms with Crippen LogP contribution in [0.2, 0.25) is 0 Å². The van der Waals surface area contributed by atoms with E-state index in [4.69, 9.17) is 5.11 Å². The van der Waals surface area contributed by atoms with Gasteiger partial charge < -0.3 is 10.0 Å². The number of fused-ring (bicyclic) bond motifs is 1. The largest absolute Gasteiger partial charge is 0.480 e. The Morgan fingerprint density at radius 1 is 1.39 bits per heavy atom. The van der Waals surface area contributed by atoms with E-state index in [0.29, 0.717) is 4.88 Å². The molecule has 2 rings (SSSR count). The van der Waals surface area contributed by atoms with Crippen LogP contribution in [0.25, 0.3) is 9.40 Å². The SMILES string of the molecule is CC(C)N(CC(=O)O)C(=O)c1cc2sccc2s1. The number of thiophene rings is 2. The molecule has 2 heterocycles. The molecule has 0 aromatic carbocycles. The molecular weight excluding hydrogens is 270 g/mol. The van der Waals surface area contributed by atoms with Gasteiger partial charge in [0, 0.05) is 15.4 Å². The number of hydrogen-bond donors (Lipinski definition) is 1. The minimum atomic E-state index is -0.990. The predicted molar refractivity (Wildman–Crippen MR) is 73.5 cm³/mol. The number of aliphatic carboxylic acids is 1. The van der Waals surface area contributed by atoms with Crippen molar-refractivity contribution in [3.05, 3.63) is 22.4 Å². The third-order valence-electron chi connectivity index (χ3n) is 2.54. The van der Waals surface area contributed by atoms with E-state index in [1.807, 2.05) is 31.4 Å². The maximum Gasteiger partial charge on any atom is 0.323 e. The average Bonchev–Trinajstić information content (AvgIpc) is 2.83. The average molecular weight is 283 g/mol. The molecule has 96 valence electrons. The number of carbonyl (C=O) groups is 2. The van der Waals surface area contributed by atoms with Crippen LogP contribution in [-0.4, -0.2) is 34.5 Å². The minimum absolute atomic E-state index is 0.131. The second-order valence-corrected chi connectivity index (χ2v) is 6.21. The molecule has 0 spiro atoms. The van der Waals surface area contributed by atoms with Crippen molar-refractivity contribution in [1.29, 1.82) is 0 Å². The molecule has 0 fully saturated rings. The Kier molecular flexibility index (Phi) is 3.68. The Morgan fingerprint density at radius 3 is 2.67 bits per heavy atom. The van der Waals surface area contributed by atoms with Crippen molar-refractivity contribution in [1.82, 2.24) is 4.90 Å². The lowest BCUT2D eigenvalue weighted by molar-refractivity contribution is -0.138. The van der Waals surface area contributed by atoms with Crippen LogP contribution >= 0.6 is 22.7 Å². The molecule has 0 aliphatic rings. The van der Waals surface area contributed by atoms with Gasteiger partial charge in [-0.3, -0.25) is 9.59 Å². The van der Waals surface area contributed by atoms with E-state index in [1.165, 1.54) is 16.2 Å². The van der Waals surface area contributed by atoms with Gasteiger partial charge in [0.1, 0.15) is 6.54 Å². The van der Waals surface area contributed by atoms with Crippen LogP contribution < -0.4 is 0 Å². The number of rotatable bonds is 4. The quantitative estimate of drug-likeness (QED) is 0.938. The fourth-order valence-electron chi connectivity index (χ4n) is 1.65. The summed E-state index contributed by atoms with van der Waals surface area (Å²) in [7, 11) is 0. The maximum absolute atomic E-state index is 12.3. The summed E-state index contributed by atoms with van der Waals surface area (Å²) in [4.78, 5) is 25.0. The zero-order chi connectivity index (χ0) is 13.3. The molecule has 0 aliphatic carbocycles. The molecule has 0 unspecified atom stereocenters. The summed E-state index contributed by atoms with van der Waals surface area (Å²) in [6, 6.07) is 3.68. The summed E-state index contributed by atoms with van der Waals surface area (Å²) in [5.41, 5.74) is 0. The van der Waals surface area contributed by atoms with Crippen LogP contribution in [0.15, 0.2) is 17.5 Å². The van der Waals surface area contributed by atoms with E-state index in [1.54, 1.807) is 11.3 Å². The zero-order valence-corrected chi connectivity index (χ0v) is 11.7. The van der Waals surface area contributed by atoms with Crippen molar-refractivity contribution in [2.75, 3.05) is 6.54 Å². The summed E-state index contributed by atoms with van der Waals surface area (Å²) in [5, 5.41) is 10.8. The number of amides is 1. The van der Waals surface area contributed by atoms with Crippen LogP contribution in [-0.2, 0) is 4.79 Å². The van der Waals surface area contributed by atoms with Crippen LogP contribution in [0, 0.1) is 0 Å². The van der Waals surface area contributed by atoms with E-state index in [9.17, 15) is 9.59 Å². The summed E-state index contributed by atoms with van der Waals surface area (Å²) in [6.07, 6.45) is 0. The molecule has 0 saturated carbocycles. The number of nitrogens with zero attached hydrogens (tertiary/aromatic N) is 1. The van der Waals surface area contributed by atoms with E-state index in [-0.39, 0.29) is 18.5 Å². The second-order valence-electron chi connectivity index (χ2n) is 4.18. The van der Waals surface area contributed by atoms with Crippen molar-refractivity contribution in [2.24, 2.45) is 0 Å². The molecular formula is C12H13NO3S2. The van der Waals surface area contributed by atoms with Gasteiger partial charge in [0.2, 0.25) is 0 Å². The molecule has 0 aliphatic heterocycles. The Balaban J connectivity index is 2.27. The first-order chi connectivity index (χ1) is 8.49. The van der Waals surface area contributed by atoms with Gasteiger partial charge in [0.15, 0.2) is 0 Å². The van der Waals surface area contributed by atoms with Crippen molar-refractivity contribution in [3.8, 4) is 0 Å². The lowest BCUT2D eigenvalue weighted by Gasteiger charge is -2.24. The second kappa shape index (κ2) is 5.07. The Morgan fingerprint density at radius 2 is 2.11 bits per heavy atom. The first-order valence-electron chi connectivity index (χ1n) is 5.49. The molecule has 0 bridgehead atoms. The lowest BCUT2D eigenvalue weighted by atomic mass is 10.3. The summed E-state index contributed by atoms with van der Waals surface area (Å²) in [6.45, 7) is 3.37. The van der Waals surface area contributed by atoms with Crippen LogP contribution in [0.5, 0.6) is 0 Å². The highest BCUT2D eigenvalue weighted by molar-refractivity contribution is 7.27. The smallest absolute Gasteiger partial charge is 0.323 e. The minimum Gasteiger partial charge on any atom is -0.480 e. The highest BCUT2D eigenvalue weighted by atomic mass is 32.1. The van der Waals surface area contributed by atoms with Gasteiger partial charge in [-0.25, -0.2) is 0 Å².